The van der Waals surface area contributed by atoms with Crippen LogP contribution in [0.3, 0.4) is 0 Å². The fourth-order valence-electron chi connectivity index (χ4n) is 4.36. The first kappa shape index (κ1) is 16.8. The van der Waals surface area contributed by atoms with E-state index in [1.807, 2.05) is 36.4 Å². The molecule has 0 spiro atoms. The molecule has 1 N–H and O–H groups in total. The number of benzene rings is 2. The summed E-state index contributed by atoms with van der Waals surface area (Å²) < 4.78 is 6.85. The first-order chi connectivity index (χ1) is 12.0. The minimum Gasteiger partial charge on any atom is -0.497 e. The van der Waals surface area contributed by atoms with Gasteiger partial charge in [0.1, 0.15) is 30.6 Å². The average Bonchev–Trinajstić information content (AvgIpc) is 2.62. The number of ketones is 1. The van der Waals surface area contributed by atoms with Crippen LogP contribution in [0, 0.1) is 0 Å². The third-order valence-corrected chi connectivity index (χ3v) is 6.16. The van der Waals surface area contributed by atoms with Gasteiger partial charge in [0.25, 0.3) is 0 Å². The lowest BCUT2D eigenvalue weighted by Crippen LogP contribution is -2.64. The molecule has 4 nitrogen and oxygen atoms in total. The molecule has 2 aromatic carbocycles. The Labute approximate surface area is 155 Å². The van der Waals surface area contributed by atoms with E-state index in [1.165, 1.54) is 0 Å². The Morgan fingerprint density at radius 1 is 1.28 bits per heavy atom. The zero-order valence-corrected chi connectivity index (χ0v) is 15.7. The molecule has 3 aliphatic rings. The van der Waals surface area contributed by atoms with Crippen molar-refractivity contribution in [3.63, 3.8) is 0 Å². The van der Waals surface area contributed by atoms with Crippen molar-refractivity contribution < 1.29 is 14.6 Å². The number of Topliss-reactive ketones (excluding diaryl/α,β-unsaturated/α-hetero) is 1. The van der Waals surface area contributed by atoms with Crippen LogP contribution in [0.5, 0.6) is 5.75 Å². The van der Waals surface area contributed by atoms with Gasteiger partial charge >= 0.3 is 0 Å². The fourth-order valence-corrected chi connectivity index (χ4v) is 4.62. The highest BCUT2D eigenvalue weighted by Gasteiger charge is 2.50. The van der Waals surface area contributed by atoms with Crippen LogP contribution in [0.1, 0.15) is 28.3 Å². The van der Waals surface area contributed by atoms with Crippen LogP contribution in [-0.2, 0) is 0 Å². The Bertz CT molecular complexity index is 820. The summed E-state index contributed by atoms with van der Waals surface area (Å²) in [6.45, 7) is 1.88. The highest BCUT2D eigenvalue weighted by molar-refractivity contribution is 9.10. The van der Waals surface area contributed by atoms with Crippen LogP contribution < -0.4 is 9.22 Å². The lowest BCUT2D eigenvalue weighted by atomic mass is 9.78. The quantitative estimate of drug-likeness (QED) is 0.628. The highest BCUT2D eigenvalue weighted by atomic mass is 79.9. The molecule has 5 rings (SSSR count). The number of piperidine rings is 1. The van der Waals surface area contributed by atoms with Crippen LogP contribution in [0.2, 0.25) is 0 Å². The van der Waals surface area contributed by atoms with Crippen LogP contribution in [0.15, 0.2) is 46.9 Å². The first-order valence-electron chi connectivity index (χ1n) is 8.54. The van der Waals surface area contributed by atoms with E-state index in [-0.39, 0.29) is 11.7 Å². The number of hydrogen-bond donors (Lipinski definition) is 1. The Kier molecular flexibility index (Phi) is 4.18. The average molecular weight is 403 g/mol. The van der Waals surface area contributed by atoms with E-state index in [2.05, 4.69) is 22.0 Å². The molecule has 2 bridgehead atoms. The summed E-state index contributed by atoms with van der Waals surface area (Å²) in [5.74, 6) is 1.06. The summed E-state index contributed by atoms with van der Waals surface area (Å²) in [7, 11) is 1.65. The van der Waals surface area contributed by atoms with Gasteiger partial charge in [0.05, 0.1) is 13.7 Å². The van der Waals surface area contributed by atoms with Crippen LogP contribution in [-0.4, -0.2) is 43.7 Å². The summed E-state index contributed by atoms with van der Waals surface area (Å²) >= 11 is 3.41. The topological polar surface area (TPSA) is 46.5 Å². The fraction of sp³-hybridized carbons (Fsp3) is 0.350. The molecular formula is C20H21BrNO3+. The number of rotatable bonds is 4. The van der Waals surface area contributed by atoms with Crippen molar-refractivity contribution in [3.8, 4) is 5.75 Å². The van der Waals surface area contributed by atoms with Crippen molar-refractivity contribution in [1.29, 1.82) is 0 Å². The van der Waals surface area contributed by atoms with Gasteiger partial charge in [-0.25, -0.2) is 0 Å². The first-order valence-corrected chi connectivity index (χ1v) is 9.33. The van der Waals surface area contributed by atoms with E-state index in [4.69, 9.17) is 4.74 Å². The highest BCUT2D eigenvalue weighted by Crippen LogP contribution is 2.48. The molecule has 0 unspecified atom stereocenters. The van der Waals surface area contributed by atoms with Crippen LogP contribution in [0.25, 0.3) is 0 Å². The van der Waals surface area contributed by atoms with Crippen molar-refractivity contribution in [2.45, 2.75) is 18.4 Å². The predicted molar refractivity (Wildman–Crippen MR) is 101 cm³/mol. The van der Waals surface area contributed by atoms with E-state index in [1.54, 1.807) is 7.11 Å². The van der Waals surface area contributed by atoms with Crippen LogP contribution in [0.4, 0.5) is 5.69 Å². The maximum atomic E-state index is 12.9. The summed E-state index contributed by atoms with van der Waals surface area (Å²) in [5, 5.41) is 10.6. The number of ether oxygens (including phenoxy) is 1. The van der Waals surface area contributed by atoms with E-state index in [0.29, 0.717) is 23.1 Å². The number of quaternary nitrogens is 1. The Hall–Kier alpha value is -1.69. The Morgan fingerprint density at radius 3 is 2.72 bits per heavy atom. The summed E-state index contributed by atoms with van der Waals surface area (Å²) in [6.07, 6.45) is 0.487. The molecule has 0 saturated carbocycles. The number of aliphatic hydroxyl groups is 1. The summed E-state index contributed by atoms with van der Waals surface area (Å²) in [6, 6.07) is 13.5. The summed E-state index contributed by atoms with van der Waals surface area (Å²) in [4.78, 5) is 12.9. The smallest absolute Gasteiger partial charge is 0.217 e. The zero-order valence-electron chi connectivity index (χ0n) is 14.1. The summed E-state index contributed by atoms with van der Waals surface area (Å²) in [5.41, 5.74) is 3.01. The number of fused-ring (bicyclic) bond motifs is 2. The maximum Gasteiger partial charge on any atom is 0.217 e. The normalized spacial score (nSPS) is 27.0. The van der Waals surface area contributed by atoms with Crippen molar-refractivity contribution in [2.75, 3.05) is 26.7 Å². The largest absolute Gasteiger partial charge is 0.497 e. The van der Waals surface area contributed by atoms with Gasteiger partial charge in [0.2, 0.25) is 5.78 Å². The predicted octanol–water partition coefficient (Wildman–Crippen LogP) is 3.51. The number of carbonyl (C=O) groups excluding carboxylic acids is 1. The van der Waals surface area contributed by atoms with Gasteiger partial charge in [-0.1, -0.05) is 28.1 Å². The van der Waals surface area contributed by atoms with E-state index < -0.39 is 6.10 Å². The molecule has 2 aromatic rings. The molecule has 5 heteroatoms. The second kappa shape index (κ2) is 6.24. The molecular weight excluding hydrogens is 382 g/mol. The van der Waals surface area contributed by atoms with Gasteiger partial charge in [-0.15, -0.1) is 0 Å². The number of aliphatic hydroxyl groups excluding tert-OH is 1. The van der Waals surface area contributed by atoms with Gasteiger partial charge in [0.15, 0.2) is 0 Å². The van der Waals surface area contributed by atoms with Gasteiger partial charge in [-0.05, 0) is 24.3 Å². The molecule has 1 fully saturated rings. The molecule has 3 atom stereocenters. The number of halogens is 1. The number of carbonyl (C=O) groups is 1. The molecule has 1 saturated heterocycles. The molecule has 0 aromatic heterocycles. The minimum absolute atomic E-state index is 0.113. The van der Waals surface area contributed by atoms with Gasteiger partial charge < -0.3 is 9.84 Å². The Morgan fingerprint density at radius 2 is 2.04 bits per heavy atom. The van der Waals surface area contributed by atoms with Crippen molar-refractivity contribution in [3.05, 3.63) is 58.1 Å². The zero-order chi connectivity index (χ0) is 17.6. The number of methoxy groups -OCH3 is 1. The van der Waals surface area contributed by atoms with E-state index >= 15 is 0 Å². The molecule has 0 amide bonds. The molecule has 0 aliphatic carbocycles. The maximum absolute atomic E-state index is 12.9. The standard InChI is InChI=1S/C20H21BrNO3/c1-25-15-6-7-18-17(10-15)16-8-9-22(18,12-20(16)24)11-19(23)13-2-4-14(21)5-3-13/h2-7,10,16,20,24H,8-9,11-12H2,1H3/q+1/t16-,20+,22+/m1/s1. The lowest BCUT2D eigenvalue weighted by molar-refractivity contribution is 0.0371. The third kappa shape index (κ3) is 2.80. The van der Waals surface area contributed by atoms with Crippen LogP contribution >= 0.6 is 15.9 Å². The molecule has 3 aliphatic heterocycles. The molecule has 3 heterocycles. The van der Waals surface area contributed by atoms with E-state index in [9.17, 15) is 9.90 Å². The SMILES string of the molecule is COc1ccc2c(c1)[C@H]1CC[N@+]2(CC(=O)c2ccc(Br)cc2)C[C@@H]1O. The number of nitrogens with zero attached hydrogens (tertiary/aromatic N) is 1. The second-order valence-electron chi connectivity index (χ2n) is 7.03. The molecule has 0 radical (unpaired) electrons. The number of hydrogen-bond acceptors (Lipinski definition) is 3. The van der Waals surface area contributed by atoms with Gasteiger partial charge in [-0.3, -0.25) is 9.28 Å². The Balaban J connectivity index is 1.71. The van der Waals surface area contributed by atoms with Crippen molar-refractivity contribution in [2.24, 2.45) is 0 Å². The molecule has 25 heavy (non-hydrogen) atoms. The van der Waals surface area contributed by atoms with Crippen molar-refractivity contribution in [1.82, 2.24) is 4.48 Å². The van der Waals surface area contributed by atoms with Crippen molar-refractivity contribution >= 4 is 27.4 Å². The van der Waals surface area contributed by atoms with Gasteiger partial charge in [-0.2, -0.15) is 0 Å². The van der Waals surface area contributed by atoms with E-state index in [0.717, 1.165) is 34.4 Å². The minimum atomic E-state index is -0.411. The second-order valence-corrected chi connectivity index (χ2v) is 7.94. The molecule has 130 valence electrons. The lowest BCUT2D eigenvalue weighted by Gasteiger charge is -2.51. The van der Waals surface area contributed by atoms with Gasteiger partial charge in [0, 0.05) is 34.0 Å². The third-order valence-electron chi connectivity index (χ3n) is 5.63. The monoisotopic (exact) mass is 402 g/mol.